The number of halogens is 1. The zero-order valence-electron chi connectivity index (χ0n) is 15.9. The Morgan fingerprint density at radius 1 is 1.21 bits per heavy atom. The van der Waals surface area contributed by atoms with E-state index >= 15 is 0 Å². The molecule has 1 aliphatic rings. The van der Waals surface area contributed by atoms with Gasteiger partial charge in [-0.1, -0.05) is 30.3 Å². The van der Waals surface area contributed by atoms with Gasteiger partial charge in [0, 0.05) is 28.4 Å². The topological polar surface area (TPSA) is 62.7 Å². The fourth-order valence-electron chi connectivity index (χ4n) is 4.23. The summed E-state index contributed by atoms with van der Waals surface area (Å²) in [7, 11) is 0. The van der Waals surface area contributed by atoms with Gasteiger partial charge in [-0.3, -0.25) is 4.79 Å². The second-order valence-electron chi connectivity index (χ2n) is 7.46. The summed E-state index contributed by atoms with van der Waals surface area (Å²) in [6.07, 6.45) is 6.57. The van der Waals surface area contributed by atoms with Crippen LogP contribution in [0.4, 0.5) is 4.39 Å². The minimum absolute atomic E-state index is 0.0220. The number of aromatic amines is 1. The Hall–Kier alpha value is -3.41. The standard InChI is InChI=1S/C23H21FN4O/c24-18-7-2-4-10-22(18)28-21-11-5-9-20(17(21)14-26-28)27-23(29)12-15-13-25-19-8-3-1-6-16(15)19/h1-4,6-8,10,13-14,20,25H,5,9,11-12H2,(H,27,29)/t20-/m0/s1. The molecule has 0 bridgehead atoms. The van der Waals surface area contributed by atoms with Crippen molar-refractivity contribution in [2.75, 3.05) is 0 Å². The number of fused-ring (bicyclic) bond motifs is 2. The van der Waals surface area contributed by atoms with Crippen molar-refractivity contribution in [3.05, 3.63) is 83.6 Å². The highest BCUT2D eigenvalue weighted by molar-refractivity contribution is 5.89. The minimum Gasteiger partial charge on any atom is -0.361 e. The second kappa shape index (κ2) is 7.20. The van der Waals surface area contributed by atoms with Crippen LogP contribution in [0.25, 0.3) is 16.6 Å². The van der Waals surface area contributed by atoms with E-state index in [1.807, 2.05) is 30.5 Å². The maximum absolute atomic E-state index is 14.2. The SMILES string of the molecule is O=C(Cc1c[nH]c2ccccc12)N[C@H]1CCCc2c1cnn2-c1ccccc1F. The summed E-state index contributed by atoms with van der Waals surface area (Å²) >= 11 is 0. The zero-order valence-corrected chi connectivity index (χ0v) is 15.9. The molecule has 0 saturated heterocycles. The van der Waals surface area contributed by atoms with Crippen molar-refractivity contribution in [3.63, 3.8) is 0 Å². The maximum Gasteiger partial charge on any atom is 0.224 e. The fourth-order valence-corrected chi connectivity index (χ4v) is 4.23. The van der Waals surface area contributed by atoms with E-state index in [1.165, 1.54) is 6.07 Å². The highest BCUT2D eigenvalue weighted by Crippen LogP contribution is 2.31. The Kier molecular flexibility index (Phi) is 4.39. The summed E-state index contributed by atoms with van der Waals surface area (Å²) in [5.74, 6) is -0.324. The number of amides is 1. The Balaban J connectivity index is 1.37. The summed E-state index contributed by atoms with van der Waals surface area (Å²) in [4.78, 5) is 16.0. The average Bonchev–Trinajstić information content (AvgIpc) is 3.34. The highest BCUT2D eigenvalue weighted by atomic mass is 19.1. The molecule has 0 unspecified atom stereocenters. The molecule has 6 heteroatoms. The van der Waals surface area contributed by atoms with Gasteiger partial charge in [-0.15, -0.1) is 0 Å². The number of rotatable bonds is 4. The Morgan fingerprint density at radius 3 is 2.93 bits per heavy atom. The first-order valence-corrected chi connectivity index (χ1v) is 9.87. The number of nitrogens with one attached hydrogen (secondary N) is 2. The van der Waals surface area contributed by atoms with E-state index in [0.29, 0.717) is 12.1 Å². The van der Waals surface area contributed by atoms with Crippen molar-refractivity contribution < 1.29 is 9.18 Å². The normalized spacial score (nSPS) is 16.0. The van der Waals surface area contributed by atoms with Crippen molar-refractivity contribution >= 4 is 16.8 Å². The van der Waals surface area contributed by atoms with E-state index in [2.05, 4.69) is 15.4 Å². The Bertz CT molecular complexity index is 1190. The monoisotopic (exact) mass is 388 g/mol. The number of carbonyl (C=O) groups is 1. The van der Waals surface area contributed by atoms with Gasteiger partial charge < -0.3 is 10.3 Å². The van der Waals surface area contributed by atoms with Crippen LogP contribution < -0.4 is 5.32 Å². The van der Waals surface area contributed by atoms with Crippen LogP contribution in [0, 0.1) is 5.82 Å². The van der Waals surface area contributed by atoms with Crippen LogP contribution in [0.5, 0.6) is 0 Å². The highest BCUT2D eigenvalue weighted by Gasteiger charge is 2.26. The molecule has 29 heavy (non-hydrogen) atoms. The van der Waals surface area contributed by atoms with E-state index in [0.717, 1.165) is 47.0 Å². The predicted molar refractivity (Wildman–Crippen MR) is 109 cm³/mol. The van der Waals surface area contributed by atoms with Gasteiger partial charge in [0.25, 0.3) is 0 Å². The van der Waals surface area contributed by atoms with Crippen LogP contribution in [-0.2, 0) is 17.6 Å². The molecule has 0 aliphatic heterocycles. The van der Waals surface area contributed by atoms with Gasteiger partial charge in [0.15, 0.2) is 0 Å². The molecular formula is C23H21FN4O. The van der Waals surface area contributed by atoms with Crippen molar-refractivity contribution in [3.8, 4) is 5.69 Å². The van der Waals surface area contributed by atoms with E-state index in [1.54, 1.807) is 29.1 Å². The smallest absolute Gasteiger partial charge is 0.224 e. The molecule has 1 amide bonds. The van der Waals surface area contributed by atoms with Crippen molar-refractivity contribution in [1.29, 1.82) is 0 Å². The molecular weight excluding hydrogens is 367 g/mol. The number of hydrogen-bond acceptors (Lipinski definition) is 2. The molecule has 2 heterocycles. The Morgan fingerprint density at radius 2 is 2.03 bits per heavy atom. The lowest BCUT2D eigenvalue weighted by atomic mass is 9.92. The number of benzene rings is 2. The van der Waals surface area contributed by atoms with Gasteiger partial charge in [0.1, 0.15) is 11.5 Å². The molecule has 146 valence electrons. The lowest BCUT2D eigenvalue weighted by Gasteiger charge is -2.24. The van der Waals surface area contributed by atoms with Crippen LogP contribution in [0.2, 0.25) is 0 Å². The summed E-state index contributed by atoms with van der Waals surface area (Å²) in [6, 6.07) is 14.5. The van der Waals surface area contributed by atoms with Crippen molar-refractivity contribution in [2.45, 2.75) is 31.7 Å². The third-order valence-corrected chi connectivity index (χ3v) is 5.62. The van der Waals surface area contributed by atoms with Gasteiger partial charge in [-0.05, 0) is 43.0 Å². The Labute approximate surface area is 167 Å². The summed E-state index contributed by atoms with van der Waals surface area (Å²) in [6.45, 7) is 0. The molecule has 0 fully saturated rings. The molecule has 4 aromatic rings. The van der Waals surface area contributed by atoms with Gasteiger partial charge in [0.2, 0.25) is 5.91 Å². The number of hydrogen-bond donors (Lipinski definition) is 2. The third kappa shape index (κ3) is 3.20. The van der Waals surface area contributed by atoms with E-state index in [9.17, 15) is 9.18 Å². The largest absolute Gasteiger partial charge is 0.361 e. The molecule has 2 aromatic carbocycles. The van der Waals surface area contributed by atoms with Crippen molar-refractivity contribution in [1.82, 2.24) is 20.1 Å². The second-order valence-corrected chi connectivity index (χ2v) is 7.46. The fraction of sp³-hybridized carbons (Fsp3) is 0.217. The average molecular weight is 388 g/mol. The van der Waals surface area contributed by atoms with E-state index < -0.39 is 0 Å². The summed E-state index contributed by atoms with van der Waals surface area (Å²) < 4.78 is 15.9. The third-order valence-electron chi connectivity index (χ3n) is 5.62. The van der Waals surface area contributed by atoms with Gasteiger partial charge >= 0.3 is 0 Å². The van der Waals surface area contributed by atoms with E-state index in [4.69, 9.17) is 0 Å². The minimum atomic E-state index is -0.302. The van der Waals surface area contributed by atoms with E-state index in [-0.39, 0.29) is 17.8 Å². The van der Waals surface area contributed by atoms with Gasteiger partial charge in [-0.2, -0.15) is 5.10 Å². The molecule has 0 spiro atoms. The molecule has 1 aliphatic carbocycles. The van der Waals surface area contributed by atoms with Gasteiger partial charge in [0.05, 0.1) is 18.7 Å². The molecule has 0 radical (unpaired) electrons. The number of H-pyrrole nitrogens is 1. The number of carbonyl (C=O) groups excluding carboxylic acids is 1. The van der Waals surface area contributed by atoms with Crippen LogP contribution >= 0.6 is 0 Å². The van der Waals surface area contributed by atoms with Crippen LogP contribution in [-0.4, -0.2) is 20.7 Å². The summed E-state index contributed by atoms with van der Waals surface area (Å²) in [5.41, 5.74) is 4.41. The zero-order chi connectivity index (χ0) is 19.8. The van der Waals surface area contributed by atoms with Crippen LogP contribution in [0.3, 0.4) is 0 Å². The first-order chi connectivity index (χ1) is 14.2. The summed E-state index contributed by atoms with van der Waals surface area (Å²) in [5, 5.41) is 8.65. The molecule has 5 rings (SSSR count). The first kappa shape index (κ1) is 17.7. The quantitative estimate of drug-likeness (QED) is 0.550. The molecule has 1 atom stereocenters. The molecule has 0 saturated carbocycles. The number of aromatic nitrogens is 3. The maximum atomic E-state index is 14.2. The van der Waals surface area contributed by atoms with Gasteiger partial charge in [-0.25, -0.2) is 9.07 Å². The lowest BCUT2D eigenvalue weighted by molar-refractivity contribution is -0.121. The predicted octanol–water partition coefficient (Wildman–Crippen LogP) is 4.23. The molecule has 5 nitrogen and oxygen atoms in total. The molecule has 2 N–H and O–H groups in total. The van der Waals surface area contributed by atoms with Crippen LogP contribution in [0.15, 0.2) is 60.9 Å². The van der Waals surface area contributed by atoms with Crippen LogP contribution in [0.1, 0.15) is 35.7 Å². The lowest BCUT2D eigenvalue weighted by Crippen LogP contribution is -2.32. The number of nitrogens with zero attached hydrogens (tertiary/aromatic N) is 2. The first-order valence-electron chi connectivity index (χ1n) is 9.87. The number of para-hydroxylation sites is 2. The van der Waals surface area contributed by atoms with Crippen molar-refractivity contribution in [2.24, 2.45) is 0 Å². The molecule has 2 aromatic heterocycles.